The Bertz CT molecular complexity index is 784. The zero-order valence-electron chi connectivity index (χ0n) is 17.8. The van der Waals surface area contributed by atoms with Crippen molar-refractivity contribution in [3.8, 4) is 5.75 Å². The van der Waals surface area contributed by atoms with Crippen molar-refractivity contribution in [1.82, 2.24) is 4.98 Å². The van der Waals surface area contributed by atoms with Gasteiger partial charge in [-0.25, -0.2) is 9.78 Å². The molecule has 160 valence electrons. The topological polar surface area (TPSA) is 69.4 Å². The van der Waals surface area contributed by atoms with Gasteiger partial charge in [0.2, 0.25) is 0 Å². The van der Waals surface area contributed by atoms with Crippen molar-refractivity contribution in [2.75, 3.05) is 0 Å². The van der Waals surface area contributed by atoms with Crippen molar-refractivity contribution in [2.24, 2.45) is 0 Å². The van der Waals surface area contributed by atoms with Crippen molar-refractivity contribution in [2.45, 2.75) is 96.8 Å². The largest absolute Gasteiger partial charge is 0.427 e. The van der Waals surface area contributed by atoms with E-state index in [1.807, 2.05) is 0 Å². The van der Waals surface area contributed by atoms with E-state index in [2.05, 4.69) is 11.9 Å². The molecular formula is C24H35NO4. The average Bonchev–Trinajstić information content (AvgIpc) is 2.72. The predicted octanol–water partition coefficient (Wildman–Crippen LogP) is 6.57. The van der Waals surface area contributed by atoms with Gasteiger partial charge in [-0.2, -0.15) is 0 Å². The lowest BCUT2D eigenvalue weighted by Gasteiger charge is -2.05. The Labute approximate surface area is 173 Å². The van der Waals surface area contributed by atoms with Gasteiger partial charge in [0, 0.05) is 6.42 Å². The van der Waals surface area contributed by atoms with Gasteiger partial charge in [0.15, 0.2) is 6.39 Å². The Balaban J connectivity index is 1.49. The van der Waals surface area contributed by atoms with Crippen LogP contribution in [-0.4, -0.2) is 11.0 Å². The number of carbonyl (C=O) groups excluding carboxylic acids is 1. The van der Waals surface area contributed by atoms with Gasteiger partial charge in [0.1, 0.15) is 5.75 Å². The van der Waals surface area contributed by atoms with Crippen molar-refractivity contribution in [3.05, 3.63) is 35.0 Å². The van der Waals surface area contributed by atoms with Crippen molar-refractivity contribution in [3.63, 3.8) is 0 Å². The fourth-order valence-electron chi connectivity index (χ4n) is 3.52. The van der Waals surface area contributed by atoms with E-state index in [1.165, 1.54) is 76.7 Å². The highest BCUT2D eigenvalue weighted by molar-refractivity contribution is 5.80. The molecule has 1 heterocycles. The van der Waals surface area contributed by atoms with E-state index in [9.17, 15) is 9.59 Å². The van der Waals surface area contributed by atoms with Gasteiger partial charge in [-0.05, 0) is 24.6 Å². The smallest absolute Gasteiger partial charge is 0.346 e. The Morgan fingerprint density at radius 1 is 0.897 bits per heavy atom. The maximum atomic E-state index is 12.0. The number of aromatic nitrogens is 1. The van der Waals surface area contributed by atoms with Crippen LogP contribution in [0, 0.1) is 0 Å². The zero-order chi connectivity index (χ0) is 20.7. The molecule has 0 aliphatic carbocycles. The molecule has 0 aliphatic heterocycles. The first-order valence-electron chi connectivity index (χ1n) is 11.3. The van der Waals surface area contributed by atoms with E-state index in [0.717, 1.165) is 19.2 Å². The summed E-state index contributed by atoms with van der Waals surface area (Å²) < 4.78 is 10.1. The van der Waals surface area contributed by atoms with Crippen molar-refractivity contribution in [1.29, 1.82) is 0 Å². The van der Waals surface area contributed by atoms with Crippen LogP contribution in [0.1, 0.15) is 96.8 Å². The summed E-state index contributed by atoms with van der Waals surface area (Å²) in [5, 5.41) is 0.318. The number of hydrogen-bond donors (Lipinski definition) is 0. The summed E-state index contributed by atoms with van der Waals surface area (Å²) >= 11 is 0. The Morgan fingerprint density at radius 2 is 1.48 bits per heavy atom. The summed E-state index contributed by atoms with van der Waals surface area (Å²) in [5.74, 6) is 0.0956. The van der Waals surface area contributed by atoms with E-state index in [1.54, 1.807) is 12.1 Å². The van der Waals surface area contributed by atoms with Crippen LogP contribution in [0.3, 0.4) is 0 Å². The number of ether oxygens (including phenoxy) is 1. The SMILES string of the molecule is CCCCCCCCCCCCCCCC(=O)Oc1ccc2ncoc(=O)c2c1. The molecule has 0 aliphatic rings. The van der Waals surface area contributed by atoms with Gasteiger partial charge < -0.3 is 9.15 Å². The Kier molecular flexibility index (Phi) is 11.1. The fourth-order valence-corrected chi connectivity index (χ4v) is 3.52. The van der Waals surface area contributed by atoms with Crippen LogP contribution < -0.4 is 10.4 Å². The number of carbonyl (C=O) groups is 1. The summed E-state index contributed by atoms with van der Waals surface area (Å²) in [4.78, 5) is 27.6. The van der Waals surface area contributed by atoms with Gasteiger partial charge in [0.25, 0.3) is 0 Å². The number of fused-ring (bicyclic) bond motifs is 1. The molecular weight excluding hydrogens is 366 g/mol. The molecule has 0 saturated carbocycles. The van der Waals surface area contributed by atoms with Gasteiger partial charge in [-0.1, -0.05) is 84.0 Å². The molecule has 0 spiro atoms. The van der Waals surface area contributed by atoms with E-state index in [-0.39, 0.29) is 5.97 Å². The van der Waals surface area contributed by atoms with Crippen molar-refractivity contribution < 1.29 is 13.9 Å². The van der Waals surface area contributed by atoms with E-state index >= 15 is 0 Å². The second-order valence-corrected chi connectivity index (χ2v) is 7.79. The fraction of sp³-hybridized carbons (Fsp3) is 0.625. The highest BCUT2D eigenvalue weighted by atomic mass is 16.5. The molecule has 0 fully saturated rings. The van der Waals surface area contributed by atoms with Crippen LogP contribution in [-0.2, 0) is 4.79 Å². The lowest BCUT2D eigenvalue weighted by atomic mass is 10.0. The summed E-state index contributed by atoms with van der Waals surface area (Å²) in [7, 11) is 0. The van der Waals surface area contributed by atoms with Crippen LogP contribution in [0.15, 0.2) is 33.8 Å². The minimum Gasteiger partial charge on any atom is -0.427 e. The molecule has 1 aromatic carbocycles. The molecule has 0 atom stereocenters. The number of esters is 1. The highest BCUT2D eigenvalue weighted by Crippen LogP contribution is 2.18. The van der Waals surface area contributed by atoms with Crippen LogP contribution in [0.4, 0.5) is 0 Å². The average molecular weight is 402 g/mol. The number of nitrogens with zero attached hydrogens (tertiary/aromatic N) is 1. The number of rotatable bonds is 15. The van der Waals surface area contributed by atoms with Gasteiger partial charge >= 0.3 is 11.6 Å². The van der Waals surface area contributed by atoms with Gasteiger partial charge in [-0.3, -0.25) is 4.79 Å². The molecule has 29 heavy (non-hydrogen) atoms. The molecule has 5 heteroatoms. The lowest BCUT2D eigenvalue weighted by molar-refractivity contribution is -0.134. The molecule has 1 aromatic heterocycles. The predicted molar refractivity (Wildman–Crippen MR) is 116 cm³/mol. The standard InChI is InChI=1S/C24H35NO4/c1-2-3-4-5-6-7-8-9-10-11-12-13-14-15-23(26)29-20-16-17-22-21(18-20)24(27)28-19-25-22/h16-19H,2-15H2,1H3. The molecule has 0 unspecified atom stereocenters. The third-order valence-corrected chi connectivity index (χ3v) is 5.26. The molecule has 0 bridgehead atoms. The molecule has 5 nitrogen and oxygen atoms in total. The first-order valence-corrected chi connectivity index (χ1v) is 11.3. The van der Waals surface area contributed by atoms with Crippen LogP contribution in [0.25, 0.3) is 10.9 Å². The normalized spacial score (nSPS) is 11.1. The first-order chi connectivity index (χ1) is 14.2. The number of unbranched alkanes of at least 4 members (excludes halogenated alkanes) is 12. The minimum atomic E-state index is -0.482. The van der Waals surface area contributed by atoms with E-state index in [4.69, 9.17) is 9.15 Å². The summed E-state index contributed by atoms with van der Waals surface area (Å²) in [6.07, 6.45) is 18.1. The molecule has 2 rings (SSSR count). The Hall–Kier alpha value is -2.17. The first kappa shape index (κ1) is 23.1. The monoisotopic (exact) mass is 401 g/mol. The van der Waals surface area contributed by atoms with Crippen molar-refractivity contribution >= 4 is 16.9 Å². The number of benzene rings is 1. The second kappa shape index (κ2) is 13.9. The Morgan fingerprint density at radius 3 is 2.10 bits per heavy atom. The van der Waals surface area contributed by atoms with Crippen LogP contribution in [0.2, 0.25) is 0 Å². The molecule has 2 aromatic rings. The van der Waals surface area contributed by atoms with Gasteiger partial charge in [-0.15, -0.1) is 0 Å². The maximum Gasteiger partial charge on any atom is 0.346 e. The minimum absolute atomic E-state index is 0.263. The second-order valence-electron chi connectivity index (χ2n) is 7.79. The van der Waals surface area contributed by atoms with E-state index in [0.29, 0.717) is 23.1 Å². The molecule has 0 saturated heterocycles. The molecule has 0 N–H and O–H groups in total. The zero-order valence-corrected chi connectivity index (χ0v) is 17.8. The molecule has 0 radical (unpaired) electrons. The number of hydrogen-bond acceptors (Lipinski definition) is 5. The van der Waals surface area contributed by atoms with Gasteiger partial charge in [0.05, 0.1) is 10.9 Å². The lowest BCUT2D eigenvalue weighted by Crippen LogP contribution is -2.08. The third-order valence-electron chi connectivity index (χ3n) is 5.26. The summed E-state index contributed by atoms with van der Waals surface area (Å²) in [6, 6.07) is 4.81. The third kappa shape index (κ3) is 9.25. The highest BCUT2D eigenvalue weighted by Gasteiger charge is 2.08. The molecule has 0 amide bonds. The van der Waals surface area contributed by atoms with Crippen LogP contribution in [0.5, 0.6) is 5.75 Å². The van der Waals surface area contributed by atoms with E-state index < -0.39 is 5.63 Å². The summed E-state index contributed by atoms with van der Waals surface area (Å²) in [6.45, 7) is 2.26. The van der Waals surface area contributed by atoms with Crippen LogP contribution >= 0.6 is 0 Å². The maximum absolute atomic E-state index is 12.0. The summed E-state index contributed by atoms with van der Waals surface area (Å²) in [5.41, 5.74) is 0.0435. The quantitative estimate of drug-likeness (QED) is 0.192.